The van der Waals surface area contributed by atoms with E-state index < -0.39 is 18.5 Å². The number of hydrogen-bond donors (Lipinski definition) is 1. The van der Waals surface area contributed by atoms with E-state index in [0.29, 0.717) is 30.5 Å². The summed E-state index contributed by atoms with van der Waals surface area (Å²) in [5.74, 6) is -0.179. The SMILES string of the molecule is CC(=O)NCC1CN(c2ccc(N3CCN(c4nnc(C#N)s4)C(F)C3)cc2)C(=O)O1. The lowest BCUT2D eigenvalue weighted by Crippen LogP contribution is -2.51. The first-order valence-corrected chi connectivity index (χ1v) is 10.5. The number of rotatable bonds is 5. The third kappa shape index (κ3) is 4.51. The summed E-state index contributed by atoms with van der Waals surface area (Å²) >= 11 is 1.07. The van der Waals surface area contributed by atoms with Crippen LogP contribution in [0.4, 0.5) is 25.7 Å². The number of piperazine rings is 1. The Morgan fingerprint density at radius 2 is 2.03 bits per heavy atom. The van der Waals surface area contributed by atoms with E-state index in [1.54, 1.807) is 12.1 Å². The zero-order valence-corrected chi connectivity index (χ0v) is 17.5. The number of carbonyl (C=O) groups excluding carboxylic acids is 2. The van der Waals surface area contributed by atoms with Crippen LogP contribution in [0.25, 0.3) is 0 Å². The lowest BCUT2D eigenvalue weighted by molar-refractivity contribution is -0.119. The van der Waals surface area contributed by atoms with Crippen LogP contribution in [0.5, 0.6) is 0 Å². The van der Waals surface area contributed by atoms with Gasteiger partial charge in [0, 0.05) is 31.4 Å². The standard InChI is InChI=1S/C19H20FN7O3S/c1-12(28)22-9-15-10-27(19(29)30-15)14-4-2-13(3-5-14)25-6-7-26(16(20)11-25)18-24-23-17(8-21)31-18/h2-5,15-16H,6-7,9-11H2,1H3,(H,22,28). The third-order valence-corrected chi connectivity index (χ3v) is 5.92. The number of nitrogens with one attached hydrogen (secondary N) is 1. The van der Waals surface area contributed by atoms with Crippen molar-refractivity contribution >= 4 is 39.8 Å². The molecule has 2 aliphatic rings. The number of benzene rings is 1. The average molecular weight is 445 g/mol. The first kappa shape index (κ1) is 20.8. The number of cyclic esters (lactones) is 1. The van der Waals surface area contributed by atoms with E-state index >= 15 is 0 Å². The Labute approximate surface area is 181 Å². The number of nitriles is 1. The fraction of sp³-hybridized carbons (Fsp3) is 0.421. The maximum absolute atomic E-state index is 14.8. The van der Waals surface area contributed by atoms with Crippen molar-refractivity contribution < 1.29 is 18.7 Å². The van der Waals surface area contributed by atoms with Gasteiger partial charge in [-0.2, -0.15) is 5.26 Å². The summed E-state index contributed by atoms with van der Waals surface area (Å²) in [7, 11) is 0. The Balaban J connectivity index is 1.37. The van der Waals surface area contributed by atoms with E-state index in [1.807, 2.05) is 23.1 Å². The molecular weight excluding hydrogens is 425 g/mol. The van der Waals surface area contributed by atoms with E-state index in [0.717, 1.165) is 17.0 Å². The van der Waals surface area contributed by atoms with E-state index in [9.17, 15) is 14.0 Å². The molecule has 2 amide bonds. The van der Waals surface area contributed by atoms with Crippen LogP contribution in [0.2, 0.25) is 0 Å². The normalized spacial score (nSPS) is 21.1. The molecule has 2 unspecified atom stereocenters. The fourth-order valence-electron chi connectivity index (χ4n) is 3.51. The second kappa shape index (κ2) is 8.73. The molecule has 2 fully saturated rings. The maximum Gasteiger partial charge on any atom is 0.414 e. The topological polar surface area (TPSA) is 115 Å². The Morgan fingerprint density at radius 3 is 2.68 bits per heavy atom. The molecule has 3 heterocycles. The van der Waals surface area contributed by atoms with Gasteiger partial charge in [-0.05, 0) is 24.3 Å². The van der Waals surface area contributed by atoms with Crippen molar-refractivity contribution in [2.24, 2.45) is 0 Å². The third-order valence-electron chi connectivity index (χ3n) is 5.06. The Morgan fingerprint density at radius 1 is 1.29 bits per heavy atom. The molecule has 162 valence electrons. The zero-order valence-electron chi connectivity index (χ0n) is 16.7. The molecule has 1 aromatic heterocycles. The van der Waals surface area contributed by atoms with Gasteiger partial charge in [-0.1, -0.05) is 11.3 Å². The Hall–Kier alpha value is -3.46. The first-order chi connectivity index (χ1) is 14.9. The van der Waals surface area contributed by atoms with Crippen LogP contribution in [-0.2, 0) is 9.53 Å². The van der Waals surface area contributed by atoms with Crippen molar-refractivity contribution in [3.8, 4) is 6.07 Å². The molecule has 31 heavy (non-hydrogen) atoms. The van der Waals surface area contributed by atoms with Crippen LogP contribution >= 0.6 is 11.3 Å². The molecule has 0 spiro atoms. The molecule has 0 radical (unpaired) electrons. The van der Waals surface area contributed by atoms with Gasteiger partial charge in [-0.15, -0.1) is 10.2 Å². The summed E-state index contributed by atoms with van der Waals surface area (Å²) in [6.45, 7) is 3.15. The highest BCUT2D eigenvalue weighted by Gasteiger charge is 2.33. The van der Waals surface area contributed by atoms with Gasteiger partial charge in [0.25, 0.3) is 0 Å². The van der Waals surface area contributed by atoms with Gasteiger partial charge in [0.2, 0.25) is 16.0 Å². The molecule has 2 atom stereocenters. The summed E-state index contributed by atoms with van der Waals surface area (Å²) in [5.41, 5.74) is 1.51. The second-order valence-corrected chi connectivity index (χ2v) is 8.10. The minimum Gasteiger partial charge on any atom is -0.442 e. The highest BCUT2D eigenvalue weighted by molar-refractivity contribution is 7.15. The number of carbonyl (C=O) groups is 2. The van der Waals surface area contributed by atoms with Crippen LogP contribution in [0.1, 0.15) is 11.9 Å². The fourth-order valence-corrected chi connectivity index (χ4v) is 4.21. The van der Waals surface area contributed by atoms with Gasteiger partial charge in [0.15, 0.2) is 6.30 Å². The van der Waals surface area contributed by atoms with E-state index in [-0.39, 0.29) is 24.0 Å². The number of hydrogen-bond acceptors (Lipinski definition) is 9. The number of aromatic nitrogens is 2. The van der Waals surface area contributed by atoms with E-state index in [1.165, 1.54) is 16.7 Å². The number of anilines is 3. The quantitative estimate of drug-likeness (QED) is 0.689. The predicted molar refractivity (Wildman–Crippen MR) is 112 cm³/mol. The van der Waals surface area contributed by atoms with Crippen molar-refractivity contribution in [3.63, 3.8) is 0 Å². The maximum atomic E-state index is 14.8. The molecule has 4 rings (SSSR count). The van der Waals surface area contributed by atoms with E-state index in [2.05, 4.69) is 15.5 Å². The number of ether oxygens (including phenoxy) is 1. The molecule has 10 nitrogen and oxygen atoms in total. The van der Waals surface area contributed by atoms with Crippen molar-refractivity contribution in [2.45, 2.75) is 19.3 Å². The highest BCUT2D eigenvalue weighted by Crippen LogP contribution is 2.29. The molecule has 2 saturated heterocycles. The Bertz CT molecular complexity index is 1010. The summed E-state index contributed by atoms with van der Waals surface area (Å²) < 4.78 is 20.1. The lowest BCUT2D eigenvalue weighted by atomic mass is 10.2. The van der Waals surface area contributed by atoms with Gasteiger partial charge in [0.05, 0.1) is 19.6 Å². The van der Waals surface area contributed by atoms with Crippen LogP contribution in [0.15, 0.2) is 24.3 Å². The smallest absolute Gasteiger partial charge is 0.414 e. The number of halogens is 1. The van der Waals surface area contributed by atoms with Crippen molar-refractivity contribution in [3.05, 3.63) is 29.3 Å². The van der Waals surface area contributed by atoms with E-state index in [4.69, 9.17) is 10.00 Å². The van der Waals surface area contributed by atoms with Gasteiger partial charge in [-0.3, -0.25) is 9.69 Å². The van der Waals surface area contributed by atoms with Crippen molar-refractivity contribution in [1.82, 2.24) is 15.5 Å². The molecule has 0 bridgehead atoms. The predicted octanol–water partition coefficient (Wildman–Crippen LogP) is 1.49. The van der Waals surface area contributed by atoms with Crippen LogP contribution in [-0.4, -0.2) is 67.3 Å². The minimum atomic E-state index is -1.28. The summed E-state index contributed by atoms with van der Waals surface area (Å²) in [6.07, 6.45) is -2.15. The largest absolute Gasteiger partial charge is 0.442 e. The number of amides is 2. The van der Waals surface area contributed by atoms with Gasteiger partial charge in [-0.25, -0.2) is 9.18 Å². The highest BCUT2D eigenvalue weighted by atomic mass is 32.1. The molecule has 1 N–H and O–H groups in total. The molecular formula is C19H20FN7O3S. The molecule has 2 aliphatic heterocycles. The Kier molecular flexibility index (Phi) is 5.85. The second-order valence-electron chi connectivity index (χ2n) is 7.15. The minimum absolute atomic E-state index is 0.144. The van der Waals surface area contributed by atoms with Crippen molar-refractivity contribution in [2.75, 3.05) is 47.4 Å². The lowest BCUT2D eigenvalue weighted by Gasteiger charge is -2.38. The van der Waals surface area contributed by atoms with Gasteiger partial charge >= 0.3 is 6.09 Å². The van der Waals surface area contributed by atoms with Gasteiger partial charge in [0.1, 0.15) is 12.2 Å². The summed E-state index contributed by atoms with van der Waals surface area (Å²) in [6, 6.07) is 9.17. The van der Waals surface area contributed by atoms with Crippen LogP contribution < -0.4 is 20.0 Å². The number of nitrogens with zero attached hydrogens (tertiary/aromatic N) is 6. The molecule has 12 heteroatoms. The molecule has 0 saturated carbocycles. The van der Waals surface area contributed by atoms with Crippen LogP contribution in [0, 0.1) is 11.3 Å². The summed E-state index contributed by atoms with van der Waals surface area (Å²) in [5, 5.41) is 19.7. The van der Waals surface area contributed by atoms with Crippen molar-refractivity contribution in [1.29, 1.82) is 5.26 Å². The van der Waals surface area contributed by atoms with Gasteiger partial charge < -0.3 is 19.9 Å². The summed E-state index contributed by atoms with van der Waals surface area (Å²) in [4.78, 5) is 28.1. The number of alkyl halides is 1. The van der Waals surface area contributed by atoms with Crippen LogP contribution in [0.3, 0.4) is 0 Å². The zero-order chi connectivity index (χ0) is 22.0. The molecule has 1 aromatic carbocycles. The molecule has 0 aliphatic carbocycles. The monoisotopic (exact) mass is 445 g/mol. The first-order valence-electron chi connectivity index (χ1n) is 9.66. The molecule has 2 aromatic rings. The average Bonchev–Trinajstić information content (AvgIpc) is 3.39.